The minimum atomic E-state index is -0.333. The summed E-state index contributed by atoms with van der Waals surface area (Å²) in [7, 11) is 5.19. The second-order valence-corrected chi connectivity index (χ2v) is 6.32. The van der Waals surface area contributed by atoms with E-state index in [1.807, 2.05) is 37.5 Å². The van der Waals surface area contributed by atoms with Crippen molar-refractivity contribution >= 4 is 17.5 Å². The SMILES string of the molecule is COc1cccc(N2CC(C(=O)N(C)Cc3cnn(C)c3)CC2=O)c1. The third-order valence-electron chi connectivity index (χ3n) is 4.39. The maximum atomic E-state index is 12.7. The van der Waals surface area contributed by atoms with Gasteiger partial charge in [-0.15, -0.1) is 0 Å². The van der Waals surface area contributed by atoms with Crippen LogP contribution in [0.1, 0.15) is 12.0 Å². The number of aromatic nitrogens is 2. The summed E-state index contributed by atoms with van der Waals surface area (Å²) in [5, 5.41) is 4.11. The Balaban J connectivity index is 1.67. The van der Waals surface area contributed by atoms with Gasteiger partial charge in [0.25, 0.3) is 0 Å². The Morgan fingerprint density at radius 3 is 2.92 bits per heavy atom. The summed E-state index contributed by atoms with van der Waals surface area (Å²) in [5.41, 5.74) is 1.72. The molecule has 7 heteroatoms. The smallest absolute Gasteiger partial charge is 0.228 e. The van der Waals surface area contributed by atoms with E-state index in [-0.39, 0.29) is 24.2 Å². The first-order chi connectivity index (χ1) is 12.0. The molecule has 1 saturated heterocycles. The van der Waals surface area contributed by atoms with Crippen LogP contribution in [-0.4, -0.2) is 47.2 Å². The number of ether oxygens (including phenoxy) is 1. The van der Waals surface area contributed by atoms with Crippen molar-refractivity contribution < 1.29 is 14.3 Å². The average molecular weight is 342 g/mol. The Kier molecular flexibility index (Phi) is 4.74. The van der Waals surface area contributed by atoms with Gasteiger partial charge >= 0.3 is 0 Å². The molecule has 0 radical (unpaired) electrons. The number of amides is 2. The lowest BCUT2D eigenvalue weighted by Gasteiger charge is -2.21. The highest BCUT2D eigenvalue weighted by molar-refractivity contribution is 6.00. The number of nitrogens with zero attached hydrogens (tertiary/aromatic N) is 4. The van der Waals surface area contributed by atoms with Crippen LogP contribution in [0, 0.1) is 5.92 Å². The van der Waals surface area contributed by atoms with Crippen LogP contribution in [0.3, 0.4) is 0 Å². The third-order valence-corrected chi connectivity index (χ3v) is 4.39. The molecule has 2 heterocycles. The quantitative estimate of drug-likeness (QED) is 0.825. The summed E-state index contributed by atoms with van der Waals surface area (Å²) < 4.78 is 6.92. The van der Waals surface area contributed by atoms with Crippen molar-refractivity contribution in [1.29, 1.82) is 0 Å². The van der Waals surface area contributed by atoms with E-state index in [0.29, 0.717) is 18.8 Å². The van der Waals surface area contributed by atoms with Crippen LogP contribution in [0.15, 0.2) is 36.7 Å². The molecule has 0 aliphatic carbocycles. The molecule has 0 bridgehead atoms. The molecule has 1 aromatic carbocycles. The number of carbonyl (C=O) groups excluding carboxylic acids is 2. The first kappa shape index (κ1) is 17.0. The minimum absolute atomic E-state index is 0.0254. The molecule has 0 spiro atoms. The summed E-state index contributed by atoms with van der Waals surface area (Å²) in [6, 6.07) is 7.33. The van der Waals surface area contributed by atoms with Gasteiger partial charge < -0.3 is 14.5 Å². The zero-order valence-corrected chi connectivity index (χ0v) is 14.7. The average Bonchev–Trinajstić information content (AvgIpc) is 3.19. The Hall–Kier alpha value is -2.83. The zero-order chi connectivity index (χ0) is 18.0. The van der Waals surface area contributed by atoms with Crippen LogP contribution in [0.4, 0.5) is 5.69 Å². The molecule has 2 aromatic rings. The van der Waals surface area contributed by atoms with Gasteiger partial charge in [-0.3, -0.25) is 14.3 Å². The van der Waals surface area contributed by atoms with Gasteiger partial charge in [0.05, 0.1) is 19.2 Å². The van der Waals surface area contributed by atoms with Gasteiger partial charge in [0, 0.05) is 57.1 Å². The topological polar surface area (TPSA) is 67.7 Å². The molecule has 2 amide bonds. The molecule has 25 heavy (non-hydrogen) atoms. The molecule has 1 unspecified atom stereocenters. The molecular formula is C18H22N4O3. The van der Waals surface area contributed by atoms with Crippen LogP contribution >= 0.6 is 0 Å². The molecule has 0 N–H and O–H groups in total. The van der Waals surface area contributed by atoms with Crippen molar-refractivity contribution in [3.05, 3.63) is 42.2 Å². The van der Waals surface area contributed by atoms with Crippen molar-refractivity contribution in [2.24, 2.45) is 13.0 Å². The number of rotatable bonds is 5. The molecular weight excluding hydrogens is 320 g/mol. The van der Waals surface area contributed by atoms with E-state index in [2.05, 4.69) is 5.10 Å². The van der Waals surface area contributed by atoms with E-state index in [1.165, 1.54) is 0 Å². The molecule has 7 nitrogen and oxygen atoms in total. The van der Waals surface area contributed by atoms with E-state index in [9.17, 15) is 9.59 Å². The van der Waals surface area contributed by atoms with Crippen LogP contribution < -0.4 is 9.64 Å². The number of benzene rings is 1. The molecule has 1 aliphatic heterocycles. The van der Waals surface area contributed by atoms with Gasteiger partial charge in [-0.1, -0.05) is 6.07 Å². The van der Waals surface area contributed by atoms with E-state index in [1.54, 1.807) is 34.8 Å². The summed E-state index contributed by atoms with van der Waals surface area (Å²) >= 11 is 0. The van der Waals surface area contributed by atoms with Gasteiger partial charge in [-0.25, -0.2) is 0 Å². The molecule has 1 fully saturated rings. The number of hydrogen-bond donors (Lipinski definition) is 0. The third kappa shape index (κ3) is 3.65. The maximum absolute atomic E-state index is 12.7. The predicted molar refractivity (Wildman–Crippen MR) is 93.1 cm³/mol. The van der Waals surface area contributed by atoms with Crippen LogP contribution in [0.5, 0.6) is 5.75 Å². The number of anilines is 1. The van der Waals surface area contributed by atoms with Crippen molar-refractivity contribution in [2.45, 2.75) is 13.0 Å². The fraction of sp³-hybridized carbons (Fsp3) is 0.389. The number of aryl methyl sites for hydroxylation is 1. The maximum Gasteiger partial charge on any atom is 0.228 e. The first-order valence-corrected chi connectivity index (χ1v) is 8.15. The van der Waals surface area contributed by atoms with E-state index < -0.39 is 0 Å². The molecule has 0 saturated carbocycles. The fourth-order valence-corrected chi connectivity index (χ4v) is 3.12. The normalized spacial score (nSPS) is 17.0. The fourth-order valence-electron chi connectivity index (χ4n) is 3.12. The lowest BCUT2D eigenvalue weighted by Crippen LogP contribution is -2.34. The highest BCUT2D eigenvalue weighted by Crippen LogP contribution is 2.28. The van der Waals surface area contributed by atoms with Crippen LogP contribution in [0.25, 0.3) is 0 Å². The van der Waals surface area contributed by atoms with E-state index >= 15 is 0 Å². The summed E-state index contributed by atoms with van der Waals surface area (Å²) in [5.74, 6) is 0.290. The lowest BCUT2D eigenvalue weighted by atomic mass is 10.1. The second kappa shape index (κ2) is 6.96. The number of carbonyl (C=O) groups is 2. The van der Waals surface area contributed by atoms with Crippen molar-refractivity contribution in [3.63, 3.8) is 0 Å². The molecule has 1 aliphatic rings. The molecule has 3 rings (SSSR count). The summed E-state index contributed by atoms with van der Waals surface area (Å²) in [4.78, 5) is 28.4. The van der Waals surface area contributed by atoms with Gasteiger partial charge in [-0.05, 0) is 12.1 Å². The van der Waals surface area contributed by atoms with Crippen LogP contribution in [-0.2, 0) is 23.2 Å². The van der Waals surface area contributed by atoms with Crippen molar-refractivity contribution in [1.82, 2.24) is 14.7 Å². The molecule has 132 valence electrons. The minimum Gasteiger partial charge on any atom is -0.497 e. The summed E-state index contributed by atoms with van der Waals surface area (Å²) in [6.07, 6.45) is 3.85. The number of hydrogen-bond acceptors (Lipinski definition) is 4. The highest BCUT2D eigenvalue weighted by atomic mass is 16.5. The monoisotopic (exact) mass is 342 g/mol. The van der Waals surface area contributed by atoms with E-state index in [4.69, 9.17) is 4.74 Å². The zero-order valence-electron chi connectivity index (χ0n) is 14.7. The van der Waals surface area contributed by atoms with Crippen LogP contribution in [0.2, 0.25) is 0 Å². The second-order valence-electron chi connectivity index (χ2n) is 6.32. The predicted octanol–water partition coefficient (Wildman–Crippen LogP) is 1.44. The number of methoxy groups -OCH3 is 1. The first-order valence-electron chi connectivity index (χ1n) is 8.15. The highest BCUT2D eigenvalue weighted by Gasteiger charge is 2.36. The largest absolute Gasteiger partial charge is 0.497 e. The summed E-state index contributed by atoms with van der Waals surface area (Å²) in [6.45, 7) is 0.874. The molecule has 1 aromatic heterocycles. The van der Waals surface area contributed by atoms with E-state index in [0.717, 1.165) is 11.3 Å². The Bertz CT molecular complexity index is 786. The standard InChI is InChI=1S/C18H22N4O3/c1-20(10-13-9-19-21(2)11-13)18(24)14-7-17(23)22(12-14)15-5-4-6-16(8-15)25-3/h4-6,8-9,11,14H,7,10,12H2,1-3H3. The Labute approximate surface area is 146 Å². The lowest BCUT2D eigenvalue weighted by molar-refractivity contribution is -0.135. The Morgan fingerprint density at radius 2 is 2.24 bits per heavy atom. The molecule has 1 atom stereocenters. The van der Waals surface area contributed by atoms with Crippen molar-refractivity contribution in [2.75, 3.05) is 25.6 Å². The van der Waals surface area contributed by atoms with Gasteiger partial charge in [-0.2, -0.15) is 5.10 Å². The van der Waals surface area contributed by atoms with Gasteiger partial charge in [0.1, 0.15) is 5.75 Å². The Morgan fingerprint density at radius 1 is 1.44 bits per heavy atom. The van der Waals surface area contributed by atoms with Gasteiger partial charge in [0.2, 0.25) is 11.8 Å². The van der Waals surface area contributed by atoms with Crippen molar-refractivity contribution in [3.8, 4) is 5.75 Å². The van der Waals surface area contributed by atoms with Gasteiger partial charge in [0.15, 0.2) is 0 Å².